The van der Waals surface area contributed by atoms with E-state index in [1.165, 1.54) is 18.5 Å². The summed E-state index contributed by atoms with van der Waals surface area (Å²) in [6, 6.07) is 3.07. The lowest BCUT2D eigenvalue weighted by Crippen LogP contribution is -2.01. The molecule has 0 aliphatic heterocycles. The van der Waals surface area contributed by atoms with E-state index in [0.717, 1.165) is 0 Å². The molecule has 1 heterocycles. The van der Waals surface area contributed by atoms with E-state index in [1.807, 2.05) is 0 Å². The highest BCUT2D eigenvalue weighted by Gasteiger charge is 2.26. The molecular weight excluding hydrogens is 205 g/mol. The molecule has 0 aliphatic carbocycles. The summed E-state index contributed by atoms with van der Waals surface area (Å²) in [7, 11) is -4.45. The minimum absolute atomic E-state index is 0.306. The number of rotatable bonds is 3. The number of hydrogen-bond donors (Lipinski definition) is 3. The van der Waals surface area contributed by atoms with Gasteiger partial charge in [0.25, 0.3) is 0 Å². The molecule has 3 N–H and O–H groups in total. The summed E-state index contributed by atoms with van der Waals surface area (Å²) in [5.41, 5.74) is 0.306. The van der Waals surface area contributed by atoms with Crippen molar-refractivity contribution >= 4 is 7.60 Å². The van der Waals surface area contributed by atoms with Gasteiger partial charge < -0.3 is 14.9 Å². The van der Waals surface area contributed by atoms with Gasteiger partial charge in [-0.25, -0.2) is 0 Å². The molecule has 0 radical (unpaired) electrons. The number of aliphatic hydroxyl groups excluding tert-OH is 1. The zero-order valence-corrected chi connectivity index (χ0v) is 8.13. The summed E-state index contributed by atoms with van der Waals surface area (Å²) in [4.78, 5) is 21.2. The summed E-state index contributed by atoms with van der Waals surface area (Å²) in [6.07, 6.45) is 1.44. The van der Waals surface area contributed by atoms with Crippen LogP contribution in [0.3, 0.4) is 0 Å². The Hall–Kier alpha value is -1.00. The summed E-state index contributed by atoms with van der Waals surface area (Å²) in [5, 5.41) is 8.97. The maximum Gasteiger partial charge on any atom is 0.354 e. The molecule has 1 unspecified atom stereocenters. The van der Waals surface area contributed by atoms with Crippen LogP contribution in [0, 0.1) is 0 Å². The molecule has 0 spiro atoms. The van der Waals surface area contributed by atoms with Gasteiger partial charge in [0, 0.05) is 18.0 Å². The Bertz CT molecular complexity index is 372. The van der Waals surface area contributed by atoms with Crippen molar-refractivity contribution in [2.45, 2.75) is 6.10 Å². The first-order valence-corrected chi connectivity index (χ1v) is 5.37. The summed E-state index contributed by atoms with van der Waals surface area (Å²) < 4.78 is 10.8. The average Bonchev–Trinajstić information content (AvgIpc) is 2.15. The van der Waals surface area contributed by atoms with Crippen molar-refractivity contribution in [1.29, 1.82) is 0 Å². The van der Waals surface area contributed by atoms with E-state index in [4.69, 9.17) is 9.79 Å². The molecule has 14 heavy (non-hydrogen) atoms. The smallest absolute Gasteiger partial charge is 0.354 e. The number of nitrogens with zero attached hydrogens (tertiary/aromatic N) is 1. The van der Waals surface area contributed by atoms with E-state index >= 15 is 0 Å². The van der Waals surface area contributed by atoms with Crippen LogP contribution in [0.2, 0.25) is 0 Å². The highest BCUT2D eigenvalue weighted by Crippen LogP contribution is 2.49. The van der Waals surface area contributed by atoms with Crippen LogP contribution in [0.4, 0.5) is 0 Å². The van der Waals surface area contributed by atoms with Crippen molar-refractivity contribution in [2.75, 3.05) is 0 Å². The second-order valence-electron chi connectivity index (χ2n) is 2.72. The van der Waals surface area contributed by atoms with Crippen LogP contribution in [0.5, 0.6) is 0 Å². The van der Waals surface area contributed by atoms with E-state index in [-0.39, 0.29) is 0 Å². The zero-order chi connectivity index (χ0) is 10.8. The van der Waals surface area contributed by atoms with Gasteiger partial charge in [0.15, 0.2) is 0 Å². The standard InChI is InChI=1S/C8H10NO4P/c1-6(14(11,12)13)8(10)7-3-2-4-9-5-7/h2-5,8,10H,1H2,(H2,11,12,13). The van der Waals surface area contributed by atoms with E-state index in [1.54, 1.807) is 6.07 Å². The Morgan fingerprint density at radius 1 is 1.57 bits per heavy atom. The largest absolute Gasteiger partial charge is 0.383 e. The van der Waals surface area contributed by atoms with Gasteiger partial charge in [0.1, 0.15) is 6.10 Å². The summed E-state index contributed by atoms with van der Waals surface area (Å²) in [5.74, 6) is 0. The third kappa shape index (κ3) is 2.49. The van der Waals surface area contributed by atoms with Crippen LogP contribution in [0.15, 0.2) is 36.4 Å². The Kier molecular flexibility index (Phi) is 3.18. The van der Waals surface area contributed by atoms with Crippen molar-refractivity contribution in [3.05, 3.63) is 42.0 Å². The van der Waals surface area contributed by atoms with Gasteiger partial charge >= 0.3 is 7.60 Å². The monoisotopic (exact) mass is 215 g/mol. The molecule has 0 aromatic carbocycles. The fraction of sp³-hybridized carbons (Fsp3) is 0.125. The molecule has 76 valence electrons. The second-order valence-corrected chi connectivity index (χ2v) is 4.39. The van der Waals surface area contributed by atoms with Crippen molar-refractivity contribution in [3.8, 4) is 0 Å². The van der Waals surface area contributed by atoms with Crippen LogP contribution in [0.1, 0.15) is 11.7 Å². The quantitative estimate of drug-likeness (QED) is 0.649. The Balaban J connectivity index is 2.93. The van der Waals surface area contributed by atoms with Crippen LogP contribution in [-0.4, -0.2) is 19.9 Å². The normalized spacial score (nSPS) is 13.6. The number of aromatic nitrogens is 1. The lowest BCUT2D eigenvalue weighted by Gasteiger charge is -2.14. The SMILES string of the molecule is C=C(C(O)c1cccnc1)P(=O)(O)O. The molecule has 1 rings (SSSR count). The fourth-order valence-corrected chi connectivity index (χ4v) is 1.36. The predicted molar refractivity (Wildman–Crippen MR) is 50.4 cm³/mol. The number of hydrogen-bond acceptors (Lipinski definition) is 3. The maximum absolute atomic E-state index is 10.8. The van der Waals surface area contributed by atoms with Crippen molar-refractivity contribution in [2.24, 2.45) is 0 Å². The first-order valence-electron chi connectivity index (χ1n) is 3.76. The Morgan fingerprint density at radius 2 is 2.21 bits per heavy atom. The van der Waals surface area contributed by atoms with Gasteiger partial charge in [-0.1, -0.05) is 12.6 Å². The zero-order valence-electron chi connectivity index (χ0n) is 7.24. The lowest BCUT2D eigenvalue weighted by molar-refractivity contribution is 0.217. The van der Waals surface area contributed by atoms with E-state index in [9.17, 15) is 9.67 Å². The third-order valence-corrected chi connectivity index (χ3v) is 2.68. The van der Waals surface area contributed by atoms with Gasteiger partial charge in [-0.2, -0.15) is 0 Å². The van der Waals surface area contributed by atoms with Crippen LogP contribution < -0.4 is 0 Å². The molecule has 0 aliphatic rings. The fourth-order valence-electron chi connectivity index (χ4n) is 0.889. The minimum atomic E-state index is -4.45. The topological polar surface area (TPSA) is 90.7 Å². The van der Waals surface area contributed by atoms with Gasteiger partial charge in [-0.15, -0.1) is 0 Å². The number of pyridine rings is 1. The molecule has 1 aromatic rings. The van der Waals surface area contributed by atoms with E-state index < -0.39 is 19.0 Å². The molecule has 0 bridgehead atoms. The molecule has 6 heteroatoms. The minimum Gasteiger partial charge on any atom is -0.383 e. The van der Waals surface area contributed by atoms with Crippen molar-refractivity contribution in [1.82, 2.24) is 4.98 Å². The molecule has 5 nitrogen and oxygen atoms in total. The van der Waals surface area contributed by atoms with Gasteiger partial charge in [0.05, 0.1) is 5.31 Å². The second kappa shape index (κ2) is 4.02. The summed E-state index contributed by atoms with van der Waals surface area (Å²) in [6.45, 7) is 3.16. The molecule has 0 amide bonds. The molecule has 0 saturated carbocycles. The van der Waals surface area contributed by atoms with Crippen LogP contribution in [-0.2, 0) is 4.57 Å². The van der Waals surface area contributed by atoms with Crippen LogP contribution in [0.25, 0.3) is 0 Å². The highest BCUT2D eigenvalue weighted by atomic mass is 31.2. The predicted octanol–water partition coefficient (Wildman–Crippen LogP) is 0.806. The summed E-state index contributed by atoms with van der Waals surface area (Å²) >= 11 is 0. The molecule has 1 aromatic heterocycles. The van der Waals surface area contributed by atoms with E-state index in [2.05, 4.69) is 11.6 Å². The molecular formula is C8H10NO4P. The van der Waals surface area contributed by atoms with Gasteiger partial charge in [0.2, 0.25) is 0 Å². The van der Waals surface area contributed by atoms with E-state index in [0.29, 0.717) is 5.56 Å². The maximum atomic E-state index is 10.8. The lowest BCUT2D eigenvalue weighted by atomic mass is 10.2. The molecule has 1 atom stereocenters. The average molecular weight is 215 g/mol. The van der Waals surface area contributed by atoms with Crippen molar-refractivity contribution < 1.29 is 19.5 Å². The highest BCUT2D eigenvalue weighted by molar-refractivity contribution is 7.56. The Morgan fingerprint density at radius 3 is 2.64 bits per heavy atom. The van der Waals surface area contributed by atoms with Crippen LogP contribution >= 0.6 is 7.60 Å². The molecule has 0 saturated heterocycles. The first kappa shape index (κ1) is 11.1. The first-order chi connectivity index (χ1) is 6.43. The Labute approximate surface area is 80.9 Å². The third-order valence-electron chi connectivity index (χ3n) is 1.69. The number of aliphatic hydroxyl groups is 1. The van der Waals surface area contributed by atoms with Crippen molar-refractivity contribution in [3.63, 3.8) is 0 Å². The van der Waals surface area contributed by atoms with Gasteiger partial charge in [-0.3, -0.25) is 9.55 Å². The van der Waals surface area contributed by atoms with Gasteiger partial charge in [-0.05, 0) is 6.07 Å². The molecule has 0 fully saturated rings.